The van der Waals surface area contributed by atoms with E-state index in [4.69, 9.17) is 5.73 Å². The van der Waals surface area contributed by atoms with Crippen molar-refractivity contribution in [1.82, 2.24) is 4.98 Å². The Hall–Kier alpha value is -0.901. The molecule has 0 saturated carbocycles. The monoisotopic (exact) mass is 272 g/mol. The second-order valence-corrected chi connectivity index (χ2v) is 4.97. The summed E-state index contributed by atoms with van der Waals surface area (Å²) in [4.78, 5) is 14.9. The normalized spacial score (nSPS) is 12.9. The zero-order valence-electron chi connectivity index (χ0n) is 7.18. The predicted octanol–water partition coefficient (Wildman–Crippen LogP) is 0.723. The minimum absolute atomic E-state index is 0.357. The molecule has 14 heavy (non-hydrogen) atoms. The van der Waals surface area contributed by atoms with Gasteiger partial charge in [-0.1, -0.05) is 0 Å². The number of benzene rings is 1. The summed E-state index contributed by atoms with van der Waals surface area (Å²) in [7, 11) is 0. The van der Waals surface area contributed by atoms with Crippen LogP contribution in [0.5, 0.6) is 0 Å². The van der Waals surface area contributed by atoms with Gasteiger partial charge in [0.05, 0.1) is 0 Å². The van der Waals surface area contributed by atoms with Gasteiger partial charge in [0.1, 0.15) is 0 Å². The summed E-state index contributed by atoms with van der Waals surface area (Å²) in [6.45, 7) is 0. The first kappa shape index (κ1) is 9.65. The van der Waals surface area contributed by atoms with Crippen molar-refractivity contribution in [3.05, 3.63) is 29.3 Å². The van der Waals surface area contributed by atoms with Gasteiger partial charge in [0, 0.05) is 0 Å². The number of carbonyl (C=O) groups is 1. The Kier molecular flexibility index (Phi) is 2.54. The molecule has 5 heteroatoms. The fourth-order valence-electron chi connectivity index (χ4n) is 1.13. The number of nitrogens with two attached hydrogens (primary N) is 1. The molecule has 0 fully saturated rings. The van der Waals surface area contributed by atoms with Crippen LogP contribution in [0.1, 0.15) is 9.82 Å². The number of fused-ring (bicyclic) bond motifs is 1. The maximum atomic E-state index is 10.9. The van der Waals surface area contributed by atoms with E-state index in [1.54, 1.807) is 0 Å². The van der Waals surface area contributed by atoms with Gasteiger partial charge in [0.15, 0.2) is 0 Å². The molecule has 0 spiro atoms. The molecule has 1 atom stereocenters. The standard InChI is InChI=1S/C9H8N2OSSe/c10-8(12)7(14)9-11-5-3-1-2-4-6(5)13-9/h1-4,7,14H,(H2,10,12). The first-order valence-corrected chi connectivity index (χ1v) is 5.91. The van der Waals surface area contributed by atoms with Gasteiger partial charge in [-0.05, 0) is 0 Å². The zero-order chi connectivity index (χ0) is 10.1. The van der Waals surface area contributed by atoms with Gasteiger partial charge in [-0.15, -0.1) is 0 Å². The van der Waals surface area contributed by atoms with Crippen LogP contribution in [-0.4, -0.2) is 26.9 Å². The summed E-state index contributed by atoms with van der Waals surface area (Å²) < 4.78 is 1.08. The first-order chi connectivity index (χ1) is 6.68. The Bertz CT molecular complexity index is 449. The van der Waals surface area contributed by atoms with E-state index in [0.29, 0.717) is 0 Å². The second-order valence-electron chi connectivity index (χ2n) is 2.82. The first-order valence-electron chi connectivity index (χ1n) is 4.01. The summed E-state index contributed by atoms with van der Waals surface area (Å²) in [5.74, 6) is -0.357. The molecular formula is C9H8N2OSSe. The van der Waals surface area contributed by atoms with Crippen LogP contribution in [0, 0.1) is 0 Å². The average Bonchev–Trinajstić information content (AvgIpc) is 2.59. The fraction of sp³-hybridized carbons (Fsp3) is 0.111. The number of thiazole rings is 1. The Balaban J connectivity index is 2.50. The van der Waals surface area contributed by atoms with E-state index in [0.717, 1.165) is 15.2 Å². The quantitative estimate of drug-likeness (QED) is 0.818. The van der Waals surface area contributed by atoms with Gasteiger partial charge in [0.2, 0.25) is 0 Å². The number of hydrogen-bond donors (Lipinski definition) is 1. The number of para-hydroxylation sites is 1. The van der Waals surface area contributed by atoms with Gasteiger partial charge < -0.3 is 0 Å². The molecule has 1 amide bonds. The summed E-state index contributed by atoms with van der Waals surface area (Å²) in [6, 6.07) is 7.79. The van der Waals surface area contributed by atoms with E-state index in [1.807, 2.05) is 24.3 Å². The summed E-state index contributed by atoms with van der Waals surface area (Å²) in [6.07, 6.45) is 0. The van der Waals surface area contributed by atoms with Crippen molar-refractivity contribution >= 4 is 43.5 Å². The van der Waals surface area contributed by atoms with E-state index in [9.17, 15) is 4.79 Å². The third-order valence-corrected chi connectivity index (χ3v) is 4.34. The van der Waals surface area contributed by atoms with Gasteiger partial charge >= 0.3 is 93.1 Å². The third-order valence-electron chi connectivity index (χ3n) is 1.81. The molecule has 3 nitrogen and oxygen atoms in total. The van der Waals surface area contributed by atoms with Crippen LogP contribution in [0.3, 0.4) is 0 Å². The number of carbonyl (C=O) groups excluding carboxylic acids is 1. The van der Waals surface area contributed by atoms with E-state index in [1.165, 1.54) is 11.3 Å². The van der Waals surface area contributed by atoms with E-state index in [2.05, 4.69) is 21.0 Å². The van der Waals surface area contributed by atoms with E-state index < -0.39 is 0 Å². The van der Waals surface area contributed by atoms with E-state index >= 15 is 0 Å². The summed E-state index contributed by atoms with van der Waals surface area (Å²) in [5.41, 5.74) is 6.12. The Morgan fingerprint density at radius 2 is 2.21 bits per heavy atom. The van der Waals surface area contributed by atoms with Crippen molar-refractivity contribution in [1.29, 1.82) is 0 Å². The predicted molar refractivity (Wildman–Crippen MR) is 58.7 cm³/mol. The van der Waals surface area contributed by atoms with Gasteiger partial charge in [0.25, 0.3) is 0 Å². The molecular weight excluding hydrogens is 263 g/mol. The molecule has 1 aromatic heterocycles. The van der Waals surface area contributed by atoms with Crippen LogP contribution in [0.25, 0.3) is 10.2 Å². The topological polar surface area (TPSA) is 56.0 Å². The van der Waals surface area contributed by atoms with Gasteiger partial charge in [-0.3, -0.25) is 0 Å². The van der Waals surface area contributed by atoms with Crippen molar-refractivity contribution in [2.75, 3.05) is 0 Å². The summed E-state index contributed by atoms with van der Waals surface area (Å²) >= 11 is 3.76. The van der Waals surface area contributed by atoms with Crippen LogP contribution < -0.4 is 5.73 Å². The maximum absolute atomic E-state index is 10.9. The molecule has 1 unspecified atom stereocenters. The van der Waals surface area contributed by atoms with Gasteiger partial charge in [-0.25, -0.2) is 0 Å². The van der Waals surface area contributed by atoms with Crippen molar-refractivity contribution in [3.8, 4) is 0 Å². The van der Waals surface area contributed by atoms with Crippen LogP contribution in [0.2, 0.25) is 0 Å². The molecule has 0 radical (unpaired) electrons. The molecule has 2 aromatic rings. The number of amides is 1. The fourth-order valence-corrected chi connectivity index (χ4v) is 2.54. The third kappa shape index (κ3) is 1.66. The molecule has 0 aliphatic heterocycles. The summed E-state index contributed by atoms with van der Waals surface area (Å²) in [5, 5.41) is 0.763. The molecule has 72 valence electrons. The molecule has 2 rings (SSSR count). The number of nitrogens with zero attached hydrogens (tertiary/aromatic N) is 1. The molecule has 1 aromatic carbocycles. The number of rotatable bonds is 2. The van der Waals surface area contributed by atoms with Crippen LogP contribution in [0.4, 0.5) is 0 Å². The molecule has 2 N–H and O–H groups in total. The van der Waals surface area contributed by atoms with Crippen LogP contribution in [-0.2, 0) is 4.79 Å². The van der Waals surface area contributed by atoms with Crippen molar-refractivity contribution in [2.45, 2.75) is 4.82 Å². The molecule has 0 aliphatic rings. The SMILES string of the molecule is NC(=O)C([SeH])c1nc2ccccc2s1. The second kappa shape index (κ2) is 3.69. The number of hydrogen-bond acceptors (Lipinski definition) is 3. The van der Waals surface area contributed by atoms with Crippen LogP contribution >= 0.6 is 11.3 Å². The Morgan fingerprint density at radius 3 is 2.86 bits per heavy atom. The van der Waals surface area contributed by atoms with Gasteiger partial charge in [-0.2, -0.15) is 0 Å². The Labute approximate surface area is 93.1 Å². The van der Waals surface area contributed by atoms with Crippen molar-refractivity contribution < 1.29 is 4.79 Å². The molecule has 0 bridgehead atoms. The molecule has 1 heterocycles. The molecule has 0 saturated heterocycles. The number of aromatic nitrogens is 1. The van der Waals surface area contributed by atoms with Crippen LogP contribution in [0.15, 0.2) is 24.3 Å². The molecule has 0 aliphatic carbocycles. The van der Waals surface area contributed by atoms with E-state index in [-0.39, 0.29) is 10.7 Å². The average molecular weight is 271 g/mol. The minimum atomic E-state index is -0.361. The number of primary amides is 1. The Morgan fingerprint density at radius 1 is 1.50 bits per heavy atom. The zero-order valence-corrected chi connectivity index (χ0v) is 9.87. The van der Waals surface area contributed by atoms with Crippen molar-refractivity contribution in [3.63, 3.8) is 0 Å². The van der Waals surface area contributed by atoms with Crippen molar-refractivity contribution in [2.24, 2.45) is 5.73 Å².